The normalized spacial score (nSPS) is 26.6. The fraction of sp³-hybridized carbons (Fsp3) is 1.00. The van der Waals surface area contributed by atoms with Crippen molar-refractivity contribution in [3.05, 3.63) is 0 Å². The van der Waals surface area contributed by atoms with Crippen molar-refractivity contribution < 1.29 is 5.11 Å². The molecule has 0 aromatic heterocycles. The molecule has 1 aliphatic rings. The first-order chi connectivity index (χ1) is 9.08. The molecule has 1 saturated carbocycles. The molecule has 2 N–H and O–H groups in total. The minimum Gasteiger partial charge on any atom is -0.390 e. The molecule has 1 atom stereocenters. The minimum absolute atomic E-state index is 0.475. The van der Waals surface area contributed by atoms with Gasteiger partial charge in [-0.2, -0.15) is 0 Å². The molecule has 0 heterocycles. The van der Waals surface area contributed by atoms with Gasteiger partial charge in [-0.15, -0.1) is 0 Å². The summed E-state index contributed by atoms with van der Waals surface area (Å²) in [6.07, 6.45) is 8.58. The van der Waals surface area contributed by atoms with E-state index in [1.54, 1.807) is 0 Å². The van der Waals surface area contributed by atoms with Crippen molar-refractivity contribution in [2.75, 3.05) is 0 Å². The first-order valence-corrected chi connectivity index (χ1v) is 8.56. The van der Waals surface area contributed by atoms with E-state index in [1.165, 1.54) is 32.1 Å². The van der Waals surface area contributed by atoms with E-state index < -0.39 is 5.60 Å². The van der Waals surface area contributed by atoms with Crippen molar-refractivity contribution in [3.63, 3.8) is 0 Å². The van der Waals surface area contributed by atoms with Gasteiger partial charge in [0.1, 0.15) is 0 Å². The molecule has 0 saturated heterocycles. The number of aliphatic hydroxyl groups is 1. The van der Waals surface area contributed by atoms with Gasteiger partial charge in [-0.3, -0.25) is 0 Å². The molecule has 1 aliphatic carbocycles. The lowest BCUT2D eigenvalue weighted by atomic mass is 9.71. The second kappa shape index (κ2) is 7.26. The van der Waals surface area contributed by atoms with Crippen LogP contribution in [0.2, 0.25) is 0 Å². The molecule has 2 heteroatoms. The average Bonchev–Trinajstić information content (AvgIpc) is 2.26. The summed E-state index contributed by atoms with van der Waals surface area (Å²) in [4.78, 5) is 0. The third kappa shape index (κ3) is 7.08. The fourth-order valence-electron chi connectivity index (χ4n) is 3.45. The van der Waals surface area contributed by atoms with Crippen LogP contribution in [0.15, 0.2) is 0 Å². The van der Waals surface area contributed by atoms with Crippen LogP contribution in [0.4, 0.5) is 0 Å². The zero-order chi connectivity index (χ0) is 15.4. The van der Waals surface area contributed by atoms with Crippen LogP contribution < -0.4 is 5.32 Å². The fourth-order valence-corrected chi connectivity index (χ4v) is 3.45. The van der Waals surface area contributed by atoms with Gasteiger partial charge in [-0.05, 0) is 77.0 Å². The highest BCUT2D eigenvalue weighted by Crippen LogP contribution is 2.37. The molecule has 120 valence electrons. The van der Waals surface area contributed by atoms with E-state index in [9.17, 15) is 5.11 Å². The van der Waals surface area contributed by atoms with Crippen molar-refractivity contribution in [1.29, 1.82) is 0 Å². The summed E-state index contributed by atoms with van der Waals surface area (Å²) in [7, 11) is 0. The van der Waals surface area contributed by atoms with Crippen LogP contribution in [0.1, 0.15) is 86.5 Å². The van der Waals surface area contributed by atoms with E-state index in [0.29, 0.717) is 17.5 Å². The van der Waals surface area contributed by atoms with Crippen molar-refractivity contribution in [1.82, 2.24) is 5.32 Å². The zero-order valence-electron chi connectivity index (χ0n) is 14.6. The lowest BCUT2D eigenvalue weighted by Gasteiger charge is -2.38. The molecule has 0 aliphatic heterocycles. The Labute approximate surface area is 126 Å². The van der Waals surface area contributed by atoms with E-state index in [-0.39, 0.29) is 0 Å². The lowest BCUT2D eigenvalue weighted by molar-refractivity contribution is 0.0672. The molecule has 0 spiro atoms. The molecule has 0 bridgehead atoms. The Balaban J connectivity index is 2.20. The van der Waals surface area contributed by atoms with Gasteiger partial charge in [0, 0.05) is 12.1 Å². The third-order valence-corrected chi connectivity index (χ3v) is 4.90. The van der Waals surface area contributed by atoms with Crippen molar-refractivity contribution in [2.45, 2.75) is 104 Å². The Hall–Kier alpha value is -0.0800. The summed E-state index contributed by atoms with van der Waals surface area (Å²) in [5, 5.41) is 13.5. The van der Waals surface area contributed by atoms with Crippen LogP contribution in [-0.2, 0) is 0 Å². The Morgan fingerprint density at radius 3 is 2.05 bits per heavy atom. The summed E-state index contributed by atoms with van der Waals surface area (Å²) in [5.74, 6) is 0.894. The van der Waals surface area contributed by atoms with Crippen LogP contribution in [0.3, 0.4) is 0 Å². The first kappa shape index (κ1) is 18.0. The van der Waals surface area contributed by atoms with Crippen LogP contribution in [0, 0.1) is 11.3 Å². The smallest absolute Gasteiger partial charge is 0.0591 e. The highest BCUT2D eigenvalue weighted by atomic mass is 16.3. The number of nitrogens with one attached hydrogen (secondary N) is 1. The van der Waals surface area contributed by atoms with Crippen molar-refractivity contribution >= 4 is 0 Å². The van der Waals surface area contributed by atoms with Crippen molar-refractivity contribution in [2.24, 2.45) is 11.3 Å². The molecule has 0 radical (unpaired) electrons. The van der Waals surface area contributed by atoms with Crippen LogP contribution in [-0.4, -0.2) is 22.8 Å². The molecule has 20 heavy (non-hydrogen) atoms. The predicted molar refractivity (Wildman–Crippen MR) is 87.9 cm³/mol. The first-order valence-electron chi connectivity index (χ1n) is 8.56. The molecule has 1 rings (SSSR count). The molecule has 0 unspecified atom stereocenters. The summed E-state index contributed by atoms with van der Waals surface area (Å²) >= 11 is 0. The second-order valence-corrected chi connectivity index (χ2v) is 8.69. The average molecular weight is 284 g/mol. The molecule has 0 aromatic carbocycles. The van der Waals surface area contributed by atoms with Crippen LogP contribution >= 0.6 is 0 Å². The molecule has 1 fully saturated rings. The topological polar surface area (TPSA) is 32.3 Å². The summed E-state index contributed by atoms with van der Waals surface area (Å²) in [6, 6.07) is 1.29. The Morgan fingerprint density at radius 2 is 1.60 bits per heavy atom. The Morgan fingerprint density at radius 1 is 1.05 bits per heavy atom. The van der Waals surface area contributed by atoms with E-state index in [4.69, 9.17) is 0 Å². The highest BCUT2D eigenvalue weighted by molar-refractivity contribution is 4.84. The van der Waals surface area contributed by atoms with E-state index >= 15 is 0 Å². The number of hydrogen-bond acceptors (Lipinski definition) is 2. The van der Waals surface area contributed by atoms with Gasteiger partial charge in [0.15, 0.2) is 0 Å². The quantitative estimate of drug-likeness (QED) is 0.751. The molecular weight excluding hydrogens is 246 g/mol. The van der Waals surface area contributed by atoms with E-state index in [0.717, 1.165) is 18.8 Å². The maximum absolute atomic E-state index is 9.74. The van der Waals surface area contributed by atoms with Gasteiger partial charge in [0.05, 0.1) is 5.60 Å². The molecule has 2 nitrogen and oxygen atoms in total. The predicted octanol–water partition coefficient (Wildman–Crippen LogP) is 4.51. The molecule has 0 amide bonds. The monoisotopic (exact) mass is 283 g/mol. The highest BCUT2D eigenvalue weighted by Gasteiger charge is 2.29. The summed E-state index contributed by atoms with van der Waals surface area (Å²) < 4.78 is 0. The molecular formula is C18H37NO. The second-order valence-electron chi connectivity index (χ2n) is 8.69. The van der Waals surface area contributed by atoms with E-state index in [1.807, 2.05) is 13.8 Å². The van der Waals surface area contributed by atoms with Gasteiger partial charge in [0.2, 0.25) is 0 Å². The number of rotatable bonds is 6. The Kier molecular flexibility index (Phi) is 6.53. The van der Waals surface area contributed by atoms with Gasteiger partial charge in [-0.1, -0.05) is 20.8 Å². The van der Waals surface area contributed by atoms with Gasteiger partial charge < -0.3 is 10.4 Å². The SMILES string of the molecule is C[C@H](CCCC(C)(C)O)NC1CCC(C(C)(C)C)CC1. The molecule has 0 aromatic rings. The summed E-state index contributed by atoms with van der Waals surface area (Å²) in [5.41, 5.74) is -0.0339. The minimum atomic E-state index is -0.509. The standard InChI is InChI=1S/C18H37NO/c1-14(8-7-13-18(5,6)20)19-16-11-9-15(10-12-16)17(2,3)4/h14-16,19-20H,7-13H2,1-6H3/t14-,15?,16?/m1/s1. The largest absolute Gasteiger partial charge is 0.390 e. The van der Waals surface area contributed by atoms with Gasteiger partial charge in [0.25, 0.3) is 0 Å². The van der Waals surface area contributed by atoms with Gasteiger partial charge in [-0.25, -0.2) is 0 Å². The third-order valence-electron chi connectivity index (χ3n) is 4.90. The van der Waals surface area contributed by atoms with Gasteiger partial charge >= 0.3 is 0 Å². The maximum Gasteiger partial charge on any atom is 0.0591 e. The van der Waals surface area contributed by atoms with Crippen LogP contribution in [0.5, 0.6) is 0 Å². The number of hydrogen-bond donors (Lipinski definition) is 2. The van der Waals surface area contributed by atoms with Crippen molar-refractivity contribution in [3.8, 4) is 0 Å². The lowest BCUT2D eigenvalue weighted by Crippen LogP contribution is -2.40. The maximum atomic E-state index is 9.74. The summed E-state index contributed by atoms with van der Waals surface area (Å²) in [6.45, 7) is 13.2. The zero-order valence-corrected chi connectivity index (χ0v) is 14.6. The van der Waals surface area contributed by atoms with Crippen LogP contribution in [0.25, 0.3) is 0 Å². The Bertz CT molecular complexity index is 266. The van der Waals surface area contributed by atoms with E-state index in [2.05, 4.69) is 33.0 Å².